The maximum absolute atomic E-state index is 2.90. The van der Waals surface area contributed by atoms with E-state index in [1.807, 2.05) is 0 Å². The van der Waals surface area contributed by atoms with Crippen LogP contribution in [0.5, 0.6) is 0 Å². The first kappa shape index (κ1) is 44.0. The van der Waals surface area contributed by atoms with Gasteiger partial charge in [0.05, 0.1) is 11.1 Å². The van der Waals surface area contributed by atoms with Gasteiger partial charge in [0.15, 0.2) is 0 Å². The highest BCUT2D eigenvalue weighted by Crippen LogP contribution is 2.67. The molecule has 0 radical (unpaired) electrons. The van der Waals surface area contributed by atoms with Crippen LogP contribution in [0.25, 0.3) is 22.3 Å². The molecule has 0 N–H and O–H groups in total. The molecule has 9 aromatic rings. The molecule has 0 bridgehead atoms. The number of aryl methyl sites for hydroxylation is 2. The van der Waals surface area contributed by atoms with Crippen LogP contribution in [0.15, 0.2) is 200 Å². The van der Waals surface area contributed by atoms with Crippen molar-refractivity contribution in [2.24, 2.45) is 0 Å². The Balaban J connectivity index is 1.10. The summed E-state index contributed by atoms with van der Waals surface area (Å²) in [6, 6.07) is 77.4. The predicted molar refractivity (Wildman–Crippen MR) is 311 cm³/mol. The van der Waals surface area contributed by atoms with Gasteiger partial charge in [-0.2, -0.15) is 0 Å². The molecular weight excluding hydrogens is 894 g/mol. The smallest absolute Gasteiger partial charge is 0.252 e. The second kappa shape index (κ2) is 15.0. The molecule has 4 heterocycles. The highest BCUT2D eigenvalue weighted by molar-refractivity contribution is 7.00. The summed E-state index contributed by atoms with van der Waals surface area (Å²) in [5.74, 6) is 0. The Kier molecular flexibility index (Phi) is 8.94. The molecule has 2 aliphatic carbocycles. The largest absolute Gasteiger partial charge is 0.331 e. The van der Waals surface area contributed by atoms with Crippen LogP contribution in [0.3, 0.4) is 0 Å². The van der Waals surface area contributed by atoms with Crippen LogP contribution in [0.1, 0.15) is 100 Å². The fraction of sp³-hybridized carbons (Fsp3) is 0.229. The first-order valence-corrected chi connectivity index (χ1v) is 27.2. The van der Waals surface area contributed by atoms with Crippen LogP contribution >= 0.6 is 0 Å². The summed E-state index contributed by atoms with van der Waals surface area (Å²) >= 11 is 0. The van der Waals surface area contributed by atoms with E-state index in [2.05, 4.69) is 263 Å². The van der Waals surface area contributed by atoms with E-state index < -0.39 is 0 Å². The molecule has 0 saturated carbocycles. The minimum Gasteiger partial charge on any atom is -0.331 e. The summed E-state index contributed by atoms with van der Waals surface area (Å²) < 4.78 is 0. The molecule has 0 fully saturated rings. The lowest BCUT2D eigenvalue weighted by molar-refractivity contribution is 0.244. The molecule has 74 heavy (non-hydrogen) atoms. The highest BCUT2D eigenvalue weighted by atomic mass is 15.3. The van der Waals surface area contributed by atoms with Gasteiger partial charge in [-0.15, -0.1) is 0 Å². The molecule has 6 aliphatic rings. The number of hydrogen-bond donors (Lipinski definition) is 0. The van der Waals surface area contributed by atoms with Crippen molar-refractivity contribution in [2.75, 3.05) is 14.7 Å². The highest BCUT2D eigenvalue weighted by Gasteiger charge is 2.64. The van der Waals surface area contributed by atoms with E-state index in [1.165, 1.54) is 112 Å². The zero-order valence-corrected chi connectivity index (χ0v) is 43.8. The summed E-state index contributed by atoms with van der Waals surface area (Å²) in [5, 5.41) is 0. The molecule has 4 atom stereocenters. The van der Waals surface area contributed by atoms with Gasteiger partial charge in [0.2, 0.25) is 0 Å². The van der Waals surface area contributed by atoms with E-state index in [0.717, 1.165) is 31.4 Å². The van der Waals surface area contributed by atoms with Gasteiger partial charge in [0.1, 0.15) is 0 Å². The fourth-order valence-electron chi connectivity index (χ4n) is 15.7. The maximum Gasteiger partial charge on any atom is 0.252 e. The lowest BCUT2D eigenvalue weighted by Gasteiger charge is -2.54. The topological polar surface area (TPSA) is 9.72 Å². The summed E-state index contributed by atoms with van der Waals surface area (Å²) in [6.45, 7) is 17.6. The van der Waals surface area contributed by atoms with E-state index in [9.17, 15) is 0 Å². The van der Waals surface area contributed by atoms with Crippen molar-refractivity contribution < 1.29 is 0 Å². The van der Waals surface area contributed by atoms with E-state index >= 15 is 0 Å². The number of nitrogens with zero attached hydrogens (tertiary/aromatic N) is 3. The maximum atomic E-state index is 2.90. The van der Waals surface area contributed by atoms with Crippen molar-refractivity contribution in [1.29, 1.82) is 0 Å². The van der Waals surface area contributed by atoms with Gasteiger partial charge in [0, 0.05) is 50.6 Å². The van der Waals surface area contributed by atoms with E-state index in [-0.39, 0.29) is 34.0 Å². The Hall–Kier alpha value is -7.56. The molecule has 3 nitrogen and oxygen atoms in total. The molecule has 4 heteroatoms. The minimum absolute atomic E-state index is 0.0144. The summed E-state index contributed by atoms with van der Waals surface area (Å²) in [5.41, 5.74) is 27.0. The number of para-hydroxylation sites is 1. The first-order chi connectivity index (χ1) is 35.8. The zero-order valence-electron chi connectivity index (χ0n) is 43.8. The molecule has 0 aromatic heterocycles. The van der Waals surface area contributed by atoms with Gasteiger partial charge in [-0.25, -0.2) is 0 Å². The van der Waals surface area contributed by atoms with Crippen molar-refractivity contribution in [3.8, 4) is 22.3 Å². The third kappa shape index (κ3) is 5.54. The van der Waals surface area contributed by atoms with Crippen LogP contribution in [0.4, 0.5) is 39.8 Å². The normalized spacial score (nSPS) is 23.2. The lowest BCUT2D eigenvalue weighted by Crippen LogP contribution is -2.64. The third-order valence-corrected chi connectivity index (χ3v) is 19.8. The second-order valence-corrected chi connectivity index (χ2v) is 24.2. The van der Waals surface area contributed by atoms with Gasteiger partial charge in [-0.3, -0.25) is 0 Å². The summed E-state index contributed by atoms with van der Waals surface area (Å²) in [4.78, 5) is 8.37. The van der Waals surface area contributed by atoms with Crippen molar-refractivity contribution >= 4 is 62.9 Å². The molecule has 0 saturated heterocycles. The number of anilines is 7. The lowest BCUT2D eigenvalue weighted by atomic mass is 9.33. The van der Waals surface area contributed by atoms with E-state index in [0.29, 0.717) is 0 Å². The zero-order chi connectivity index (χ0) is 50.1. The van der Waals surface area contributed by atoms with Crippen LogP contribution in [0, 0.1) is 0 Å². The van der Waals surface area contributed by atoms with E-state index in [1.54, 1.807) is 0 Å². The van der Waals surface area contributed by atoms with E-state index in [4.69, 9.17) is 0 Å². The average Bonchev–Trinajstić information content (AvgIpc) is 3.96. The Labute approximate surface area is 438 Å². The molecule has 15 rings (SSSR count). The Bertz CT molecular complexity index is 3830. The molecule has 0 spiro atoms. The van der Waals surface area contributed by atoms with Crippen LogP contribution in [-0.4, -0.2) is 6.71 Å². The van der Waals surface area contributed by atoms with Crippen molar-refractivity contribution in [2.45, 2.75) is 101 Å². The molecular formula is C70H62BN3. The first-order valence-electron chi connectivity index (χ1n) is 27.2. The molecule has 4 unspecified atom stereocenters. The quantitative estimate of drug-likeness (QED) is 0.163. The molecule has 4 aliphatic heterocycles. The second-order valence-electron chi connectivity index (χ2n) is 24.2. The standard InChI is InChI=1S/C70H62BN3/c1-66(2,3)51-41-57-65-59(42-51)71-58-34-33-50(46-23-12-9-13-24-46)40-61(58)72(52-28-20-27-49(39-52)45-21-10-8-11-22-45)62-43-53(44-63(64(62)71)74(65)70(7)55-30-17-15-26-48(55)36-38-68(57,70)5)73-60-32-19-18-31-56(60)67(4)37-35-47-25-14-16-29-54(47)69(67,73)6/h8-34,39-44H,35-38H2,1-7H3. The third-order valence-electron chi connectivity index (χ3n) is 19.8. The van der Waals surface area contributed by atoms with Crippen molar-refractivity contribution in [3.63, 3.8) is 0 Å². The Morgan fingerprint density at radius 2 is 0.959 bits per heavy atom. The number of rotatable bonds is 4. The van der Waals surface area contributed by atoms with Crippen molar-refractivity contribution in [3.05, 3.63) is 239 Å². The summed E-state index contributed by atoms with van der Waals surface area (Å²) in [7, 11) is 0. The van der Waals surface area contributed by atoms with Crippen LogP contribution in [0.2, 0.25) is 0 Å². The summed E-state index contributed by atoms with van der Waals surface area (Å²) in [6.07, 6.45) is 4.28. The SMILES string of the molecule is CC(C)(C)c1cc2c3c(c1)C1(C)CCc4ccccc4C1(C)N3c1cc(N3c4ccccc4C4(C)CCc5ccccc5C34C)cc3c1B2c1ccc(-c2ccccc2)cc1N3c1cccc(-c2ccccc2)c1. The van der Waals surface area contributed by atoms with Gasteiger partial charge >= 0.3 is 0 Å². The number of hydrogen-bond acceptors (Lipinski definition) is 3. The molecule has 9 aromatic carbocycles. The van der Waals surface area contributed by atoms with Gasteiger partial charge in [-0.1, -0.05) is 198 Å². The van der Waals surface area contributed by atoms with Gasteiger partial charge < -0.3 is 14.7 Å². The predicted octanol–water partition coefficient (Wildman–Crippen LogP) is 15.5. The van der Waals surface area contributed by atoms with Gasteiger partial charge in [-0.05, 0) is 159 Å². The minimum atomic E-state index is -0.388. The van der Waals surface area contributed by atoms with Crippen LogP contribution < -0.4 is 31.1 Å². The Morgan fingerprint density at radius 1 is 0.405 bits per heavy atom. The van der Waals surface area contributed by atoms with Crippen molar-refractivity contribution in [1.82, 2.24) is 0 Å². The number of fused-ring (bicyclic) bond motifs is 14. The average molecular weight is 956 g/mol. The number of benzene rings is 9. The monoisotopic (exact) mass is 956 g/mol. The van der Waals surface area contributed by atoms with Crippen LogP contribution in [-0.2, 0) is 40.2 Å². The fourth-order valence-corrected chi connectivity index (χ4v) is 15.7. The molecule has 360 valence electrons. The van der Waals surface area contributed by atoms with Gasteiger partial charge in [0.25, 0.3) is 6.71 Å². The molecule has 0 amide bonds. The Morgan fingerprint density at radius 3 is 1.62 bits per heavy atom.